The van der Waals surface area contributed by atoms with Crippen LogP contribution in [0.4, 0.5) is 11.8 Å². The summed E-state index contributed by atoms with van der Waals surface area (Å²) in [5, 5.41) is 6.54. The van der Waals surface area contributed by atoms with E-state index in [-0.39, 0.29) is 6.04 Å². The smallest absolute Gasteiger partial charge is 0.225 e. The van der Waals surface area contributed by atoms with E-state index in [0.717, 1.165) is 28.8 Å². The summed E-state index contributed by atoms with van der Waals surface area (Å²) in [6, 6.07) is 3.93. The molecule has 0 amide bonds. The minimum absolute atomic E-state index is 0.115. The van der Waals surface area contributed by atoms with Crippen LogP contribution < -0.4 is 10.6 Å². The number of nitrogens with zero attached hydrogens (tertiary/aromatic N) is 3. The van der Waals surface area contributed by atoms with E-state index in [1.165, 1.54) is 5.57 Å². The van der Waals surface area contributed by atoms with Crippen LogP contribution in [0.25, 0.3) is 11.0 Å². The third-order valence-corrected chi connectivity index (χ3v) is 3.88. The lowest BCUT2D eigenvalue weighted by molar-refractivity contribution is 0.793. The fourth-order valence-corrected chi connectivity index (χ4v) is 2.56. The summed E-state index contributed by atoms with van der Waals surface area (Å²) >= 11 is 0. The van der Waals surface area contributed by atoms with Crippen molar-refractivity contribution in [1.29, 1.82) is 0 Å². The molecule has 24 heavy (non-hydrogen) atoms. The Balaban J connectivity index is 2.51. The summed E-state index contributed by atoms with van der Waals surface area (Å²) in [4.78, 5) is 13.5. The van der Waals surface area contributed by atoms with E-state index in [1.807, 2.05) is 38.3 Å². The lowest BCUT2D eigenvalue weighted by Gasteiger charge is -2.21. The summed E-state index contributed by atoms with van der Waals surface area (Å²) in [5.41, 5.74) is 3.92. The molecule has 2 aromatic rings. The maximum Gasteiger partial charge on any atom is 0.225 e. The number of allylic oxidation sites excluding steroid dienone is 3. The molecule has 2 heterocycles. The minimum atomic E-state index is 0.115. The van der Waals surface area contributed by atoms with Gasteiger partial charge in [-0.1, -0.05) is 31.7 Å². The van der Waals surface area contributed by atoms with Gasteiger partial charge in [0.25, 0.3) is 0 Å². The Labute approximate surface area is 143 Å². The van der Waals surface area contributed by atoms with Crippen LogP contribution in [0, 0.1) is 0 Å². The second-order valence-electron chi connectivity index (χ2n) is 5.46. The lowest BCUT2D eigenvalue weighted by atomic mass is 9.98. The molecule has 5 nitrogen and oxygen atoms in total. The van der Waals surface area contributed by atoms with E-state index in [2.05, 4.69) is 52.1 Å². The zero-order valence-corrected chi connectivity index (χ0v) is 14.8. The van der Waals surface area contributed by atoms with Crippen LogP contribution in [0.5, 0.6) is 0 Å². The average molecular weight is 323 g/mol. The van der Waals surface area contributed by atoms with Gasteiger partial charge in [0.05, 0.1) is 11.6 Å². The highest BCUT2D eigenvalue weighted by Crippen LogP contribution is 2.24. The van der Waals surface area contributed by atoms with Crippen LogP contribution in [0.1, 0.15) is 27.2 Å². The molecule has 0 aliphatic heterocycles. The second-order valence-corrected chi connectivity index (χ2v) is 5.46. The SMILES string of the molecule is C=C/C(C)=C(\C=C/C)C(CC)Nc1nc(NC)nc2cccnc12. The summed E-state index contributed by atoms with van der Waals surface area (Å²) in [5.74, 6) is 1.31. The van der Waals surface area contributed by atoms with Crippen LogP contribution in [0.2, 0.25) is 0 Å². The first kappa shape index (κ1) is 17.7. The third-order valence-electron chi connectivity index (χ3n) is 3.88. The quantitative estimate of drug-likeness (QED) is 0.742. The Morgan fingerprint density at radius 3 is 2.79 bits per heavy atom. The van der Waals surface area contributed by atoms with Crippen molar-refractivity contribution in [2.24, 2.45) is 0 Å². The van der Waals surface area contributed by atoms with Gasteiger partial charge >= 0.3 is 0 Å². The molecule has 0 aliphatic carbocycles. The van der Waals surface area contributed by atoms with Gasteiger partial charge < -0.3 is 10.6 Å². The van der Waals surface area contributed by atoms with Gasteiger partial charge in [0, 0.05) is 13.2 Å². The van der Waals surface area contributed by atoms with Crippen LogP contribution in [0.15, 0.2) is 54.3 Å². The number of rotatable bonds is 7. The van der Waals surface area contributed by atoms with Gasteiger partial charge in [-0.2, -0.15) is 4.98 Å². The van der Waals surface area contributed by atoms with Crippen molar-refractivity contribution in [3.8, 4) is 0 Å². The average Bonchev–Trinajstić information content (AvgIpc) is 2.63. The van der Waals surface area contributed by atoms with E-state index in [9.17, 15) is 0 Å². The van der Waals surface area contributed by atoms with Gasteiger partial charge in [-0.05, 0) is 43.5 Å². The molecule has 0 aromatic carbocycles. The molecule has 0 fully saturated rings. The molecular weight excluding hydrogens is 298 g/mol. The number of hydrogen-bond donors (Lipinski definition) is 2. The maximum absolute atomic E-state index is 4.57. The maximum atomic E-state index is 4.57. The van der Waals surface area contributed by atoms with Crippen molar-refractivity contribution in [3.05, 3.63) is 54.3 Å². The van der Waals surface area contributed by atoms with Gasteiger partial charge in [-0.25, -0.2) is 4.98 Å². The fraction of sp³-hybridized carbons (Fsp3) is 0.316. The van der Waals surface area contributed by atoms with Gasteiger partial charge in [0.1, 0.15) is 5.52 Å². The largest absolute Gasteiger partial charge is 0.361 e. The molecule has 1 unspecified atom stereocenters. The number of pyridine rings is 1. The van der Waals surface area contributed by atoms with Crippen LogP contribution in [-0.2, 0) is 0 Å². The van der Waals surface area contributed by atoms with E-state index < -0.39 is 0 Å². The number of fused-ring (bicyclic) bond motifs is 1. The molecule has 2 N–H and O–H groups in total. The Hall–Kier alpha value is -2.69. The zero-order chi connectivity index (χ0) is 17.5. The fourth-order valence-electron chi connectivity index (χ4n) is 2.56. The Morgan fingerprint density at radius 2 is 2.17 bits per heavy atom. The molecule has 126 valence electrons. The van der Waals surface area contributed by atoms with Crippen molar-refractivity contribution in [2.75, 3.05) is 17.7 Å². The van der Waals surface area contributed by atoms with E-state index >= 15 is 0 Å². The van der Waals surface area contributed by atoms with E-state index in [4.69, 9.17) is 0 Å². The van der Waals surface area contributed by atoms with Crippen molar-refractivity contribution >= 4 is 22.8 Å². The molecule has 0 aliphatic rings. The van der Waals surface area contributed by atoms with Crippen molar-refractivity contribution in [3.63, 3.8) is 0 Å². The summed E-state index contributed by atoms with van der Waals surface area (Å²) in [6.07, 6.45) is 8.72. The Bertz CT molecular complexity index is 776. The van der Waals surface area contributed by atoms with Crippen molar-refractivity contribution < 1.29 is 0 Å². The van der Waals surface area contributed by atoms with Crippen LogP contribution >= 0.6 is 0 Å². The highest BCUT2D eigenvalue weighted by molar-refractivity contribution is 5.86. The summed E-state index contributed by atoms with van der Waals surface area (Å²) < 4.78 is 0. The van der Waals surface area contributed by atoms with Gasteiger partial charge in [-0.15, -0.1) is 0 Å². The number of hydrogen-bond acceptors (Lipinski definition) is 5. The summed E-state index contributed by atoms with van der Waals surface area (Å²) in [6.45, 7) is 10.1. The number of aromatic nitrogens is 3. The Kier molecular flexibility index (Phi) is 6.07. The van der Waals surface area contributed by atoms with E-state index in [1.54, 1.807) is 6.20 Å². The first-order valence-corrected chi connectivity index (χ1v) is 8.17. The normalized spacial score (nSPS) is 13.7. The lowest BCUT2D eigenvalue weighted by Crippen LogP contribution is -2.22. The third kappa shape index (κ3) is 3.79. The minimum Gasteiger partial charge on any atom is -0.361 e. The predicted octanol–water partition coefficient (Wildman–Crippen LogP) is 4.34. The molecule has 1 atom stereocenters. The molecule has 0 spiro atoms. The highest BCUT2D eigenvalue weighted by atomic mass is 15.1. The molecule has 0 saturated heterocycles. The topological polar surface area (TPSA) is 62.7 Å². The van der Waals surface area contributed by atoms with Crippen LogP contribution in [-0.4, -0.2) is 28.0 Å². The summed E-state index contributed by atoms with van der Waals surface area (Å²) in [7, 11) is 1.81. The first-order chi connectivity index (χ1) is 11.6. The second kappa shape index (κ2) is 8.24. The molecule has 0 radical (unpaired) electrons. The van der Waals surface area contributed by atoms with Gasteiger partial charge in [0.15, 0.2) is 5.82 Å². The molecule has 0 bridgehead atoms. The van der Waals surface area contributed by atoms with Crippen molar-refractivity contribution in [1.82, 2.24) is 15.0 Å². The first-order valence-electron chi connectivity index (χ1n) is 8.17. The highest BCUT2D eigenvalue weighted by Gasteiger charge is 2.16. The molecule has 0 saturated carbocycles. The standard InChI is InChI=1S/C19H25N5/c1-6-10-14(13(4)7-2)15(8-3)22-18-17-16(11-9-12-21-17)23-19(20-5)24-18/h6-7,9-12,15H,2,8H2,1,3-5H3,(H2,20,22,23,24)/b10-6-,14-13+. The predicted molar refractivity (Wildman–Crippen MR) is 102 cm³/mol. The zero-order valence-electron chi connectivity index (χ0n) is 14.8. The molecule has 2 rings (SSSR count). The van der Waals surface area contributed by atoms with Crippen molar-refractivity contribution in [2.45, 2.75) is 33.2 Å². The molecular formula is C19H25N5. The Morgan fingerprint density at radius 1 is 1.38 bits per heavy atom. The van der Waals surface area contributed by atoms with E-state index in [0.29, 0.717) is 5.95 Å². The number of anilines is 2. The van der Waals surface area contributed by atoms with Gasteiger partial charge in [-0.3, -0.25) is 4.98 Å². The monoisotopic (exact) mass is 323 g/mol. The molecule has 2 aromatic heterocycles. The number of nitrogens with one attached hydrogen (secondary N) is 2. The van der Waals surface area contributed by atoms with Crippen LogP contribution in [0.3, 0.4) is 0 Å². The van der Waals surface area contributed by atoms with Gasteiger partial charge in [0.2, 0.25) is 5.95 Å². The molecule has 5 heteroatoms.